The van der Waals surface area contributed by atoms with Crippen molar-refractivity contribution in [1.29, 1.82) is 0 Å². The van der Waals surface area contributed by atoms with Gasteiger partial charge in [0.15, 0.2) is 0 Å². The molecule has 0 spiro atoms. The molecular weight excluding hydrogens is 340 g/mol. The number of nitrogens with zero attached hydrogens (tertiary/aromatic N) is 1. The number of thiophene rings is 1. The molecule has 1 aromatic rings. The summed E-state index contributed by atoms with van der Waals surface area (Å²) < 4.78 is 1.03. The smallest absolute Gasteiger partial charge is 0.245 e. The van der Waals surface area contributed by atoms with Crippen molar-refractivity contribution in [1.82, 2.24) is 10.2 Å². The van der Waals surface area contributed by atoms with Gasteiger partial charge < -0.3 is 10.2 Å². The maximum atomic E-state index is 12.6. The van der Waals surface area contributed by atoms with Crippen molar-refractivity contribution in [2.45, 2.75) is 51.7 Å². The second-order valence-corrected chi connectivity index (χ2v) is 7.07. The van der Waals surface area contributed by atoms with Crippen LogP contribution in [0.1, 0.15) is 38.0 Å². The van der Waals surface area contributed by atoms with Crippen molar-refractivity contribution >= 4 is 39.1 Å². The maximum absolute atomic E-state index is 12.6. The molecule has 0 radical (unpaired) electrons. The lowest BCUT2D eigenvalue weighted by Gasteiger charge is -2.28. The van der Waals surface area contributed by atoms with Crippen molar-refractivity contribution in [2.75, 3.05) is 0 Å². The number of rotatable bonds is 4. The fraction of sp³-hybridized carbons (Fsp3) is 0.571. The van der Waals surface area contributed by atoms with E-state index >= 15 is 0 Å². The van der Waals surface area contributed by atoms with Gasteiger partial charge in [-0.15, -0.1) is 11.3 Å². The Bertz CT molecular complexity index is 503. The number of nitrogens with one attached hydrogen (secondary N) is 1. The van der Waals surface area contributed by atoms with Crippen molar-refractivity contribution in [3.63, 3.8) is 0 Å². The highest BCUT2D eigenvalue weighted by Gasteiger charge is 2.33. The Labute approximate surface area is 131 Å². The Kier molecular flexibility index (Phi) is 5.21. The number of halogens is 1. The molecule has 0 aromatic carbocycles. The number of hydrogen-bond donors (Lipinski definition) is 1. The Morgan fingerprint density at radius 3 is 2.85 bits per heavy atom. The van der Waals surface area contributed by atoms with Gasteiger partial charge in [0.1, 0.15) is 6.04 Å². The zero-order valence-corrected chi connectivity index (χ0v) is 14.1. The summed E-state index contributed by atoms with van der Waals surface area (Å²) in [4.78, 5) is 27.4. The predicted molar refractivity (Wildman–Crippen MR) is 83.5 cm³/mol. The van der Waals surface area contributed by atoms with Gasteiger partial charge in [-0.25, -0.2) is 0 Å². The van der Waals surface area contributed by atoms with E-state index in [1.54, 1.807) is 11.3 Å². The monoisotopic (exact) mass is 358 g/mol. The van der Waals surface area contributed by atoms with E-state index in [-0.39, 0.29) is 23.9 Å². The first-order valence-corrected chi connectivity index (χ1v) is 8.51. The highest BCUT2D eigenvalue weighted by Crippen LogP contribution is 2.24. The quantitative estimate of drug-likeness (QED) is 0.899. The van der Waals surface area contributed by atoms with Crippen LogP contribution in [0.25, 0.3) is 0 Å². The highest BCUT2D eigenvalue weighted by atomic mass is 79.9. The summed E-state index contributed by atoms with van der Waals surface area (Å²) in [7, 11) is 0. The van der Waals surface area contributed by atoms with Gasteiger partial charge in [0.25, 0.3) is 0 Å². The summed E-state index contributed by atoms with van der Waals surface area (Å²) in [6.45, 7) is 4.54. The molecule has 1 aliphatic heterocycles. The summed E-state index contributed by atoms with van der Waals surface area (Å²) in [5, 5.41) is 4.85. The molecule has 0 aliphatic carbocycles. The molecule has 2 atom stereocenters. The molecule has 110 valence electrons. The molecule has 2 amide bonds. The zero-order valence-electron chi connectivity index (χ0n) is 11.7. The van der Waals surface area contributed by atoms with E-state index in [9.17, 15) is 9.59 Å². The molecule has 2 unspecified atom stereocenters. The normalized spacial score (nSPS) is 23.6. The first-order chi connectivity index (χ1) is 9.51. The molecule has 4 nitrogen and oxygen atoms in total. The topological polar surface area (TPSA) is 49.4 Å². The lowest BCUT2D eigenvalue weighted by atomic mass is 10.1. The third kappa shape index (κ3) is 3.61. The van der Waals surface area contributed by atoms with Gasteiger partial charge in [-0.3, -0.25) is 9.59 Å². The summed E-state index contributed by atoms with van der Waals surface area (Å²) in [5.74, 6) is 0.00822. The molecule has 0 bridgehead atoms. The fourth-order valence-electron chi connectivity index (χ4n) is 2.43. The van der Waals surface area contributed by atoms with Gasteiger partial charge in [0, 0.05) is 27.2 Å². The van der Waals surface area contributed by atoms with Crippen LogP contribution >= 0.6 is 27.3 Å². The summed E-state index contributed by atoms with van der Waals surface area (Å²) in [6, 6.07) is 1.59. The molecule has 6 heteroatoms. The first-order valence-electron chi connectivity index (χ1n) is 6.84. The number of carbonyl (C=O) groups is 2. The van der Waals surface area contributed by atoms with Crippen molar-refractivity contribution in [3.8, 4) is 0 Å². The van der Waals surface area contributed by atoms with Crippen LogP contribution in [0.2, 0.25) is 0 Å². The summed E-state index contributed by atoms with van der Waals surface area (Å²) in [6.07, 6.45) is 1.95. The second-order valence-electron chi connectivity index (χ2n) is 5.16. The van der Waals surface area contributed by atoms with Crippen LogP contribution < -0.4 is 5.32 Å². The van der Waals surface area contributed by atoms with Gasteiger partial charge in [0.05, 0.1) is 6.54 Å². The lowest BCUT2D eigenvalue weighted by molar-refractivity contribution is -0.135. The van der Waals surface area contributed by atoms with Crippen molar-refractivity contribution in [2.24, 2.45) is 0 Å². The van der Waals surface area contributed by atoms with E-state index in [4.69, 9.17) is 0 Å². The Morgan fingerprint density at radius 2 is 2.25 bits per heavy atom. The van der Waals surface area contributed by atoms with Gasteiger partial charge in [-0.05, 0) is 35.3 Å². The minimum absolute atomic E-state index is 0.0286. The van der Waals surface area contributed by atoms with Gasteiger partial charge in [0.2, 0.25) is 11.8 Å². The minimum atomic E-state index is -0.374. The molecule has 2 rings (SSSR count). The maximum Gasteiger partial charge on any atom is 0.245 e. The Morgan fingerprint density at radius 1 is 1.50 bits per heavy atom. The zero-order chi connectivity index (χ0) is 14.7. The Balaban J connectivity index is 2.18. The lowest BCUT2D eigenvalue weighted by Crippen LogP contribution is -2.45. The fourth-order valence-corrected chi connectivity index (χ4v) is 3.88. The highest BCUT2D eigenvalue weighted by molar-refractivity contribution is 9.10. The van der Waals surface area contributed by atoms with Gasteiger partial charge >= 0.3 is 0 Å². The van der Waals surface area contributed by atoms with Crippen molar-refractivity contribution < 1.29 is 9.59 Å². The van der Waals surface area contributed by atoms with E-state index in [1.165, 1.54) is 0 Å². The summed E-state index contributed by atoms with van der Waals surface area (Å²) in [5.41, 5.74) is 0. The van der Waals surface area contributed by atoms with Crippen LogP contribution in [0.15, 0.2) is 15.9 Å². The molecule has 20 heavy (non-hydrogen) atoms. The number of carbonyl (C=O) groups excluding carboxylic acids is 2. The standard InChI is InChI=1S/C14H19BrN2O2S/c1-3-4-12-14(19)17(9(2)5-13(18)16-12)7-11-6-10(15)8-20-11/h6,8-9,12H,3-5,7H2,1-2H3,(H,16,18). The van der Waals surface area contributed by atoms with Gasteiger partial charge in [-0.2, -0.15) is 0 Å². The van der Waals surface area contributed by atoms with Crippen LogP contribution in [0.4, 0.5) is 0 Å². The largest absolute Gasteiger partial charge is 0.344 e. The van der Waals surface area contributed by atoms with Crippen LogP contribution in [-0.2, 0) is 16.1 Å². The molecule has 1 fully saturated rings. The molecule has 1 aliphatic rings. The van der Waals surface area contributed by atoms with E-state index < -0.39 is 0 Å². The average Bonchev–Trinajstić information content (AvgIpc) is 2.76. The summed E-state index contributed by atoms with van der Waals surface area (Å²) >= 11 is 5.05. The second kappa shape index (κ2) is 6.72. The molecule has 1 saturated heterocycles. The van der Waals surface area contributed by atoms with Crippen molar-refractivity contribution in [3.05, 3.63) is 20.8 Å². The van der Waals surface area contributed by atoms with E-state index in [1.807, 2.05) is 30.2 Å². The van der Waals surface area contributed by atoms with E-state index in [0.29, 0.717) is 19.4 Å². The van der Waals surface area contributed by atoms with E-state index in [2.05, 4.69) is 21.2 Å². The third-order valence-corrected chi connectivity index (χ3v) is 5.14. The molecule has 1 aromatic heterocycles. The van der Waals surface area contributed by atoms with Crippen LogP contribution in [0, 0.1) is 0 Å². The number of hydrogen-bond acceptors (Lipinski definition) is 3. The van der Waals surface area contributed by atoms with E-state index in [0.717, 1.165) is 15.8 Å². The first kappa shape index (κ1) is 15.5. The SMILES string of the molecule is CCCC1NC(=O)CC(C)N(Cc2cc(Br)cs2)C1=O. The van der Waals surface area contributed by atoms with Crippen LogP contribution in [0.5, 0.6) is 0 Å². The third-order valence-electron chi connectivity index (χ3n) is 3.45. The minimum Gasteiger partial charge on any atom is -0.344 e. The Hall–Kier alpha value is -0.880. The molecule has 2 heterocycles. The van der Waals surface area contributed by atoms with Crippen LogP contribution in [0.3, 0.4) is 0 Å². The number of amides is 2. The molecular formula is C14H19BrN2O2S. The average molecular weight is 359 g/mol. The van der Waals surface area contributed by atoms with Gasteiger partial charge in [-0.1, -0.05) is 13.3 Å². The van der Waals surface area contributed by atoms with Crippen LogP contribution in [-0.4, -0.2) is 28.8 Å². The molecule has 0 saturated carbocycles. The molecule has 1 N–H and O–H groups in total. The predicted octanol–water partition coefficient (Wildman–Crippen LogP) is 2.92.